The van der Waals surface area contributed by atoms with Gasteiger partial charge >= 0.3 is 5.69 Å². The predicted octanol–water partition coefficient (Wildman–Crippen LogP) is 2.45. The first kappa shape index (κ1) is 23.9. The molecule has 184 valence electrons. The highest BCUT2D eigenvalue weighted by Crippen LogP contribution is 2.26. The Morgan fingerprint density at radius 3 is 2.50 bits per heavy atom. The maximum absolute atomic E-state index is 13.9. The lowest BCUT2D eigenvalue weighted by Crippen LogP contribution is -2.44. The van der Waals surface area contributed by atoms with Gasteiger partial charge in [0.1, 0.15) is 0 Å². The van der Waals surface area contributed by atoms with Crippen molar-refractivity contribution in [2.24, 2.45) is 12.8 Å². The molecule has 1 aliphatic rings. The minimum Gasteiger partial charge on any atom is -0.341 e. The van der Waals surface area contributed by atoms with E-state index in [1.54, 1.807) is 37.4 Å². The van der Waals surface area contributed by atoms with Crippen LogP contribution in [0.4, 0.5) is 5.95 Å². The molecule has 5 rings (SSSR count). The van der Waals surface area contributed by atoms with Crippen molar-refractivity contribution >= 4 is 28.7 Å². The van der Waals surface area contributed by atoms with Crippen molar-refractivity contribution in [3.05, 3.63) is 91.1 Å². The van der Waals surface area contributed by atoms with Gasteiger partial charge in [0.2, 0.25) is 5.95 Å². The summed E-state index contributed by atoms with van der Waals surface area (Å²) in [7, 11) is 1.61. The number of rotatable bonds is 5. The molecule has 1 fully saturated rings. The largest absolute Gasteiger partial charge is 0.341 e. The minimum absolute atomic E-state index is 0.00436. The highest BCUT2D eigenvalue weighted by Gasteiger charge is 2.27. The fraction of sp³-hybridized carbons (Fsp3) is 0.308. The molecule has 0 aliphatic carbocycles. The van der Waals surface area contributed by atoms with E-state index < -0.39 is 11.2 Å². The smallest absolute Gasteiger partial charge is 0.332 e. The number of nitrogens with zero attached hydrogens (tertiary/aromatic N) is 6. The molecule has 0 radical (unpaired) electrons. The summed E-state index contributed by atoms with van der Waals surface area (Å²) < 4.78 is 4.39. The lowest BCUT2D eigenvalue weighted by Gasteiger charge is -2.32. The Hall–Kier alpha value is -3.87. The fourth-order valence-electron chi connectivity index (χ4n) is 4.82. The number of hydrogen-bond acceptors (Lipinski definition) is 6. The van der Waals surface area contributed by atoms with Crippen molar-refractivity contribution in [2.45, 2.75) is 32.0 Å². The fourth-order valence-corrected chi connectivity index (χ4v) is 5.01. The maximum atomic E-state index is 13.9. The van der Waals surface area contributed by atoms with Gasteiger partial charge in [0, 0.05) is 31.2 Å². The third-order valence-electron chi connectivity index (χ3n) is 6.71. The highest BCUT2D eigenvalue weighted by atomic mass is 35.5. The molecule has 1 unspecified atom stereocenters. The summed E-state index contributed by atoms with van der Waals surface area (Å²) >= 11 is 6.49. The Morgan fingerprint density at radius 1 is 1.08 bits per heavy atom. The zero-order valence-corrected chi connectivity index (χ0v) is 20.6. The first-order valence-electron chi connectivity index (χ1n) is 11.8. The van der Waals surface area contributed by atoms with Crippen LogP contribution in [0.5, 0.6) is 0 Å². The zero-order valence-electron chi connectivity index (χ0n) is 19.9. The van der Waals surface area contributed by atoms with Gasteiger partial charge in [-0.05, 0) is 36.1 Å². The SMILES string of the molecule is Cn1c(=O)n(Cc2ccccc2C#N)c(=O)c2c1nc(N1CCCC(N)C1)n2Cc1ccccc1Cl. The Balaban J connectivity index is 1.75. The van der Waals surface area contributed by atoms with Crippen LogP contribution in [0, 0.1) is 11.3 Å². The molecule has 0 bridgehead atoms. The van der Waals surface area contributed by atoms with E-state index in [1.165, 1.54) is 4.57 Å². The number of benzene rings is 2. The number of nitrogens with two attached hydrogens (primary N) is 1. The van der Waals surface area contributed by atoms with E-state index in [0.717, 1.165) is 29.5 Å². The van der Waals surface area contributed by atoms with Crippen LogP contribution in [0.1, 0.15) is 29.5 Å². The van der Waals surface area contributed by atoms with Gasteiger partial charge in [-0.1, -0.05) is 48.0 Å². The lowest BCUT2D eigenvalue weighted by atomic mass is 10.1. The summed E-state index contributed by atoms with van der Waals surface area (Å²) in [6.45, 7) is 1.63. The van der Waals surface area contributed by atoms with Crippen LogP contribution in [0.15, 0.2) is 58.1 Å². The Kier molecular flexibility index (Phi) is 6.39. The molecular formula is C26H26ClN7O2. The average molecular weight is 504 g/mol. The molecule has 2 aromatic heterocycles. The number of aryl methyl sites for hydroxylation is 1. The molecule has 10 heteroatoms. The Bertz CT molecular complexity index is 1610. The van der Waals surface area contributed by atoms with Crippen LogP contribution in [-0.2, 0) is 20.1 Å². The summed E-state index contributed by atoms with van der Waals surface area (Å²) in [6.07, 6.45) is 1.83. The van der Waals surface area contributed by atoms with Gasteiger partial charge in [-0.15, -0.1) is 0 Å². The molecule has 36 heavy (non-hydrogen) atoms. The first-order valence-corrected chi connectivity index (χ1v) is 12.2. The number of imidazole rings is 1. The molecule has 2 aromatic carbocycles. The van der Waals surface area contributed by atoms with Crippen LogP contribution in [0.2, 0.25) is 5.02 Å². The van der Waals surface area contributed by atoms with E-state index >= 15 is 0 Å². The van der Waals surface area contributed by atoms with Crippen molar-refractivity contribution in [1.82, 2.24) is 18.7 Å². The maximum Gasteiger partial charge on any atom is 0.332 e. The second kappa shape index (κ2) is 9.64. The third-order valence-corrected chi connectivity index (χ3v) is 7.07. The Labute approximate surface area is 212 Å². The summed E-state index contributed by atoms with van der Waals surface area (Å²) in [5.41, 5.74) is 7.75. The Morgan fingerprint density at radius 2 is 1.78 bits per heavy atom. The van der Waals surface area contributed by atoms with Gasteiger partial charge in [-0.3, -0.25) is 18.5 Å². The number of anilines is 1. The van der Waals surface area contributed by atoms with Crippen LogP contribution in [-0.4, -0.2) is 37.8 Å². The second-order valence-corrected chi connectivity index (χ2v) is 9.52. The van der Waals surface area contributed by atoms with E-state index in [9.17, 15) is 14.9 Å². The standard InChI is InChI=1S/C26H26ClN7O2/c1-31-23-22(24(35)34(26(31)36)14-18-8-3-2-7-17(18)13-28)33(15-19-9-4-5-11-21(19)27)25(30-23)32-12-6-10-20(29)16-32/h2-5,7-9,11,20H,6,10,12,14-16,29H2,1H3. The van der Waals surface area contributed by atoms with Crippen LogP contribution < -0.4 is 21.9 Å². The average Bonchev–Trinajstić information content (AvgIpc) is 3.26. The highest BCUT2D eigenvalue weighted by molar-refractivity contribution is 6.31. The van der Waals surface area contributed by atoms with Crippen molar-refractivity contribution in [3.8, 4) is 6.07 Å². The van der Waals surface area contributed by atoms with Gasteiger partial charge in [0.05, 0.1) is 24.7 Å². The molecular weight excluding hydrogens is 478 g/mol. The van der Waals surface area contributed by atoms with Gasteiger partial charge in [0.15, 0.2) is 11.2 Å². The van der Waals surface area contributed by atoms with Crippen LogP contribution in [0.3, 0.4) is 0 Å². The first-order chi connectivity index (χ1) is 17.4. The van der Waals surface area contributed by atoms with Gasteiger partial charge in [-0.25, -0.2) is 4.79 Å². The summed E-state index contributed by atoms with van der Waals surface area (Å²) in [5.74, 6) is 0.586. The number of piperidine rings is 1. The van der Waals surface area contributed by atoms with E-state index in [0.29, 0.717) is 46.4 Å². The third kappa shape index (κ3) is 4.19. The number of aromatic nitrogens is 4. The summed E-state index contributed by atoms with van der Waals surface area (Å²) in [4.78, 5) is 34.1. The molecule has 1 saturated heterocycles. The van der Waals surface area contributed by atoms with Gasteiger partial charge < -0.3 is 10.6 Å². The summed E-state index contributed by atoms with van der Waals surface area (Å²) in [5, 5.41) is 10.1. The van der Waals surface area contributed by atoms with Crippen molar-refractivity contribution in [1.29, 1.82) is 5.26 Å². The monoisotopic (exact) mass is 503 g/mol. The number of nitriles is 1. The topological polar surface area (TPSA) is 115 Å². The molecule has 9 nitrogen and oxygen atoms in total. The normalized spacial score (nSPS) is 15.8. The predicted molar refractivity (Wildman–Crippen MR) is 139 cm³/mol. The van der Waals surface area contributed by atoms with Gasteiger partial charge in [-0.2, -0.15) is 10.2 Å². The van der Waals surface area contributed by atoms with Crippen molar-refractivity contribution in [2.75, 3.05) is 18.0 Å². The summed E-state index contributed by atoms with van der Waals surface area (Å²) in [6, 6.07) is 16.5. The minimum atomic E-state index is -0.496. The number of hydrogen-bond donors (Lipinski definition) is 1. The number of halogens is 1. The van der Waals surface area contributed by atoms with Gasteiger partial charge in [0.25, 0.3) is 5.56 Å². The van der Waals surface area contributed by atoms with Crippen molar-refractivity contribution in [3.63, 3.8) is 0 Å². The van der Waals surface area contributed by atoms with Crippen LogP contribution in [0.25, 0.3) is 11.2 Å². The quantitative estimate of drug-likeness (QED) is 0.447. The molecule has 4 aromatic rings. The van der Waals surface area contributed by atoms with Crippen LogP contribution >= 0.6 is 11.6 Å². The molecule has 0 amide bonds. The zero-order chi connectivity index (χ0) is 25.4. The van der Waals surface area contributed by atoms with E-state index in [1.807, 2.05) is 22.8 Å². The van der Waals surface area contributed by atoms with E-state index in [2.05, 4.69) is 11.0 Å². The number of fused-ring (bicyclic) bond motifs is 1. The molecule has 3 heterocycles. The molecule has 0 saturated carbocycles. The lowest BCUT2D eigenvalue weighted by molar-refractivity contribution is 0.495. The second-order valence-electron chi connectivity index (χ2n) is 9.11. The van der Waals surface area contributed by atoms with E-state index in [4.69, 9.17) is 22.3 Å². The molecule has 2 N–H and O–H groups in total. The van der Waals surface area contributed by atoms with E-state index in [-0.39, 0.29) is 12.6 Å². The van der Waals surface area contributed by atoms with Crippen molar-refractivity contribution < 1.29 is 0 Å². The molecule has 1 aliphatic heterocycles. The molecule has 0 spiro atoms. The molecule has 1 atom stereocenters.